The standard InChI is InChI=1S/C42H75NO7/c1-6-8-10-12-14-15-16-17-18-19-20-21-22-23-24-25-27-29-31-33-41(45)50-38(36-48-35-34-39(42(46)47)43(3,4)5)37-49-40(44)32-30-28-26-13-11-9-7-2/h14-15,17-18,20-21,38-39H,6-13,16,19,22-37H2,1-5H3/b15-14-,18-17-,21-20-. The van der Waals surface area contributed by atoms with Gasteiger partial charge in [-0.05, 0) is 51.4 Å². The molecule has 0 radical (unpaired) electrons. The largest absolute Gasteiger partial charge is 0.544 e. The van der Waals surface area contributed by atoms with Gasteiger partial charge in [-0.15, -0.1) is 0 Å². The highest BCUT2D eigenvalue weighted by Gasteiger charge is 2.25. The van der Waals surface area contributed by atoms with Gasteiger partial charge >= 0.3 is 11.9 Å². The molecular formula is C42H75NO7. The number of ether oxygens (including phenoxy) is 3. The average molecular weight is 706 g/mol. The maximum absolute atomic E-state index is 12.6. The molecule has 2 atom stereocenters. The summed E-state index contributed by atoms with van der Waals surface area (Å²) in [6.45, 7) is 4.56. The number of carboxylic acid groups (broad SMARTS) is 1. The Bertz CT molecular complexity index is 922. The molecule has 8 nitrogen and oxygen atoms in total. The Kier molecular flexibility index (Phi) is 32.0. The molecule has 0 saturated heterocycles. The highest BCUT2D eigenvalue weighted by molar-refractivity contribution is 5.70. The number of carbonyl (C=O) groups excluding carboxylic acids is 3. The van der Waals surface area contributed by atoms with E-state index in [0.717, 1.165) is 64.2 Å². The van der Waals surface area contributed by atoms with E-state index in [1.807, 2.05) is 0 Å². The number of nitrogens with zero attached hydrogens (tertiary/aromatic N) is 1. The fraction of sp³-hybridized carbons (Fsp3) is 0.786. The minimum atomic E-state index is -1.13. The molecule has 0 aliphatic heterocycles. The van der Waals surface area contributed by atoms with Gasteiger partial charge in [0.05, 0.1) is 40.3 Å². The van der Waals surface area contributed by atoms with Crippen molar-refractivity contribution in [2.75, 3.05) is 41.0 Å². The molecule has 0 aromatic rings. The first-order valence-corrected chi connectivity index (χ1v) is 20.0. The van der Waals surface area contributed by atoms with Crippen molar-refractivity contribution in [3.63, 3.8) is 0 Å². The van der Waals surface area contributed by atoms with Gasteiger partial charge in [-0.2, -0.15) is 0 Å². The lowest BCUT2D eigenvalue weighted by Gasteiger charge is -2.34. The Hall–Kier alpha value is -2.45. The number of hydrogen-bond donors (Lipinski definition) is 0. The smallest absolute Gasteiger partial charge is 0.306 e. The molecule has 0 aromatic carbocycles. The lowest BCUT2D eigenvalue weighted by molar-refractivity contribution is -0.889. The van der Waals surface area contributed by atoms with Crippen molar-refractivity contribution >= 4 is 17.9 Å². The molecule has 0 amide bonds. The van der Waals surface area contributed by atoms with Gasteiger partial charge in [0.15, 0.2) is 6.10 Å². The molecule has 0 rings (SSSR count). The highest BCUT2D eigenvalue weighted by atomic mass is 16.6. The van der Waals surface area contributed by atoms with E-state index in [-0.39, 0.29) is 42.7 Å². The van der Waals surface area contributed by atoms with E-state index in [4.69, 9.17) is 14.2 Å². The maximum Gasteiger partial charge on any atom is 0.306 e. The summed E-state index contributed by atoms with van der Waals surface area (Å²) < 4.78 is 17.0. The predicted octanol–water partition coefficient (Wildman–Crippen LogP) is 8.96. The predicted molar refractivity (Wildman–Crippen MR) is 203 cm³/mol. The fourth-order valence-corrected chi connectivity index (χ4v) is 5.61. The number of allylic oxidation sites excluding steroid dienone is 6. The van der Waals surface area contributed by atoms with E-state index in [0.29, 0.717) is 12.8 Å². The monoisotopic (exact) mass is 706 g/mol. The van der Waals surface area contributed by atoms with Crippen molar-refractivity contribution in [2.45, 2.75) is 174 Å². The van der Waals surface area contributed by atoms with Crippen LogP contribution < -0.4 is 5.11 Å². The molecule has 0 saturated carbocycles. The molecule has 8 heteroatoms. The molecule has 290 valence electrons. The minimum absolute atomic E-state index is 0.0363. The third-order valence-electron chi connectivity index (χ3n) is 8.78. The van der Waals surface area contributed by atoms with E-state index in [9.17, 15) is 19.5 Å². The van der Waals surface area contributed by atoms with Gasteiger partial charge in [0.1, 0.15) is 12.6 Å². The zero-order chi connectivity index (χ0) is 37.1. The number of carboxylic acids is 1. The SMILES string of the molecule is CCCCC/C=C\C/C=C\C/C=C\CCCCCCCCC(=O)OC(COCCC(C(=O)[O-])[N+](C)(C)C)COC(=O)CCCCCCCCC. The van der Waals surface area contributed by atoms with Gasteiger partial charge in [0.2, 0.25) is 0 Å². The molecule has 0 heterocycles. The quantitative estimate of drug-likeness (QED) is 0.0281. The number of likely N-dealkylation sites (N-methyl/N-ethyl adjacent to an activating group) is 1. The Morgan fingerprint density at radius 1 is 0.600 bits per heavy atom. The van der Waals surface area contributed by atoms with E-state index >= 15 is 0 Å². The second kappa shape index (κ2) is 33.7. The summed E-state index contributed by atoms with van der Waals surface area (Å²) in [5.74, 6) is -1.76. The third-order valence-corrected chi connectivity index (χ3v) is 8.78. The van der Waals surface area contributed by atoms with E-state index in [2.05, 4.69) is 50.3 Å². The zero-order valence-corrected chi connectivity index (χ0v) is 32.8. The minimum Gasteiger partial charge on any atom is -0.544 e. The number of esters is 2. The molecule has 50 heavy (non-hydrogen) atoms. The van der Waals surface area contributed by atoms with Crippen molar-refractivity contribution in [2.24, 2.45) is 0 Å². The van der Waals surface area contributed by atoms with Crippen LogP contribution in [-0.4, -0.2) is 75.5 Å². The van der Waals surface area contributed by atoms with Gasteiger partial charge < -0.3 is 28.6 Å². The first kappa shape index (κ1) is 47.5. The summed E-state index contributed by atoms with van der Waals surface area (Å²) in [4.78, 5) is 36.5. The summed E-state index contributed by atoms with van der Waals surface area (Å²) in [6, 6.07) is -0.725. The summed E-state index contributed by atoms with van der Waals surface area (Å²) >= 11 is 0. The molecule has 2 unspecified atom stereocenters. The number of hydrogen-bond acceptors (Lipinski definition) is 7. The molecule has 0 aromatic heterocycles. The van der Waals surface area contributed by atoms with Crippen molar-refractivity contribution in [1.29, 1.82) is 0 Å². The lowest BCUT2D eigenvalue weighted by Crippen LogP contribution is -2.55. The molecule has 0 aliphatic rings. The Morgan fingerprint density at radius 3 is 1.60 bits per heavy atom. The topological polar surface area (TPSA) is 102 Å². The van der Waals surface area contributed by atoms with Crippen molar-refractivity contribution in [1.82, 2.24) is 0 Å². The first-order valence-electron chi connectivity index (χ1n) is 20.0. The molecule has 0 bridgehead atoms. The van der Waals surface area contributed by atoms with Gasteiger partial charge in [-0.1, -0.05) is 127 Å². The van der Waals surface area contributed by atoms with Crippen molar-refractivity contribution < 1.29 is 38.2 Å². The summed E-state index contributed by atoms with van der Waals surface area (Å²) in [5.41, 5.74) is 0. The second-order valence-electron chi connectivity index (χ2n) is 14.5. The molecular weight excluding hydrogens is 630 g/mol. The van der Waals surface area contributed by atoms with E-state index in [1.54, 1.807) is 21.1 Å². The van der Waals surface area contributed by atoms with Crippen LogP contribution in [0.1, 0.15) is 162 Å². The molecule has 0 fully saturated rings. The fourth-order valence-electron chi connectivity index (χ4n) is 5.61. The number of rotatable bonds is 35. The number of unbranched alkanes of at least 4 members (excludes halogenated alkanes) is 15. The molecule has 0 N–H and O–H groups in total. The van der Waals surface area contributed by atoms with Crippen LogP contribution in [0.4, 0.5) is 0 Å². The van der Waals surface area contributed by atoms with Crippen LogP contribution in [0, 0.1) is 0 Å². The zero-order valence-electron chi connectivity index (χ0n) is 32.8. The van der Waals surface area contributed by atoms with Crippen LogP contribution in [0.2, 0.25) is 0 Å². The number of carbonyl (C=O) groups is 3. The first-order chi connectivity index (χ1) is 24.1. The van der Waals surface area contributed by atoms with Crippen LogP contribution in [-0.2, 0) is 28.6 Å². The van der Waals surface area contributed by atoms with Gasteiger partial charge in [-0.25, -0.2) is 0 Å². The highest BCUT2D eigenvalue weighted by Crippen LogP contribution is 2.13. The van der Waals surface area contributed by atoms with Crippen molar-refractivity contribution in [3.8, 4) is 0 Å². The normalized spacial score (nSPS) is 13.4. The second-order valence-corrected chi connectivity index (χ2v) is 14.5. The van der Waals surface area contributed by atoms with Crippen LogP contribution in [0.5, 0.6) is 0 Å². The Labute approximate surface area is 306 Å². The van der Waals surface area contributed by atoms with Crippen LogP contribution >= 0.6 is 0 Å². The summed E-state index contributed by atoms with van der Waals surface area (Å²) in [6.07, 6.45) is 36.1. The van der Waals surface area contributed by atoms with E-state index < -0.39 is 18.1 Å². The Balaban J connectivity index is 4.33. The maximum atomic E-state index is 12.6. The number of aliphatic carboxylic acids is 1. The Morgan fingerprint density at radius 2 is 1.06 bits per heavy atom. The van der Waals surface area contributed by atoms with Crippen LogP contribution in [0.3, 0.4) is 0 Å². The van der Waals surface area contributed by atoms with Gasteiger partial charge in [0, 0.05) is 19.3 Å². The number of quaternary nitrogens is 1. The van der Waals surface area contributed by atoms with Gasteiger partial charge in [-0.3, -0.25) is 9.59 Å². The van der Waals surface area contributed by atoms with Crippen molar-refractivity contribution in [3.05, 3.63) is 36.5 Å². The molecule has 0 spiro atoms. The van der Waals surface area contributed by atoms with Crippen LogP contribution in [0.15, 0.2) is 36.5 Å². The summed E-state index contributed by atoms with van der Waals surface area (Å²) in [5, 5.41) is 11.6. The average Bonchev–Trinajstić information content (AvgIpc) is 3.06. The van der Waals surface area contributed by atoms with Gasteiger partial charge in [0.25, 0.3) is 0 Å². The van der Waals surface area contributed by atoms with E-state index in [1.165, 1.54) is 64.2 Å². The summed E-state index contributed by atoms with van der Waals surface area (Å²) in [7, 11) is 5.39. The molecule has 0 aliphatic carbocycles. The van der Waals surface area contributed by atoms with Crippen LogP contribution in [0.25, 0.3) is 0 Å². The third kappa shape index (κ3) is 31.5. The lowest BCUT2D eigenvalue weighted by atomic mass is 10.1.